The van der Waals surface area contributed by atoms with Crippen LogP contribution in [0.4, 0.5) is 10.5 Å². The summed E-state index contributed by atoms with van der Waals surface area (Å²) in [5.41, 5.74) is 1.36. The number of benzene rings is 1. The van der Waals surface area contributed by atoms with Gasteiger partial charge in [-0.2, -0.15) is 5.26 Å². The van der Waals surface area contributed by atoms with E-state index in [0.29, 0.717) is 17.4 Å². The first kappa shape index (κ1) is 14.7. The molecule has 116 valence electrons. The Balaban J connectivity index is 1.51. The Morgan fingerprint density at radius 2 is 1.86 bits per heavy atom. The summed E-state index contributed by atoms with van der Waals surface area (Å²) in [4.78, 5) is 14.1. The topological polar surface area (TPSA) is 65.4 Å². The lowest BCUT2D eigenvalue weighted by Crippen LogP contribution is -2.38. The Hall–Kier alpha value is -2.22. The molecule has 2 aliphatic rings. The number of rotatable bonds is 2. The number of piperidine rings is 1. The molecule has 1 N–H and O–H groups in total. The molecule has 1 saturated carbocycles. The molecule has 22 heavy (non-hydrogen) atoms. The lowest BCUT2D eigenvalue weighted by Gasteiger charge is -2.23. The first-order valence-electron chi connectivity index (χ1n) is 7.62. The van der Waals surface area contributed by atoms with Crippen LogP contribution in [0.2, 0.25) is 0 Å². The number of nitrogens with zero attached hydrogens (tertiary/aromatic N) is 2. The van der Waals surface area contributed by atoms with E-state index in [1.165, 1.54) is 0 Å². The number of hydrogen-bond acceptors (Lipinski definition) is 4. The van der Waals surface area contributed by atoms with Crippen molar-refractivity contribution in [1.82, 2.24) is 5.32 Å². The van der Waals surface area contributed by atoms with Gasteiger partial charge in [-0.15, -0.1) is 0 Å². The zero-order chi connectivity index (χ0) is 15.9. The van der Waals surface area contributed by atoms with Crippen molar-refractivity contribution in [2.24, 2.45) is 11.8 Å². The number of fused-ring (bicyclic) bond motifs is 1. The van der Waals surface area contributed by atoms with E-state index in [2.05, 4.69) is 16.3 Å². The standard InChI is InChI=1S/C17H21N3O2/c1-17(2,3)22-16(21)19-15-13-9-20(10-14(13)15)12-6-4-11(8-18)5-7-12/h4-7,13-15H,9-10H2,1-3H3,(H,19,21)/t13-,14+,15+. The van der Waals surface area contributed by atoms with Gasteiger partial charge in [0.05, 0.1) is 11.6 Å². The number of nitriles is 1. The summed E-state index contributed by atoms with van der Waals surface area (Å²) in [7, 11) is 0. The molecule has 5 nitrogen and oxygen atoms in total. The minimum Gasteiger partial charge on any atom is -0.444 e. The van der Waals surface area contributed by atoms with E-state index < -0.39 is 5.60 Å². The largest absolute Gasteiger partial charge is 0.444 e. The van der Waals surface area contributed by atoms with Crippen molar-refractivity contribution in [3.05, 3.63) is 29.8 Å². The van der Waals surface area contributed by atoms with Crippen molar-refractivity contribution in [3.8, 4) is 6.07 Å². The molecule has 0 bridgehead atoms. The number of amides is 1. The van der Waals surface area contributed by atoms with E-state index in [9.17, 15) is 4.79 Å². The van der Waals surface area contributed by atoms with Gasteiger partial charge in [-0.1, -0.05) is 0 Å². The minimum atomic E-state index is -0.456. The minimum absolute atomic E-state index is 0.240. The van der Waals surface area contributed by atoms with Crippen LogP contribution in [0.5, 0.6) is 0 Å². The lowest BCUT2D eigenvalue weighted by atomic mass is 10.2. The van der Waals surface area contributed by atoms with Gasteiger partial charge in [0.1, 0.15) is 5.60 Å². The van der Waals surface area contributed by atoms with Crippen LogP contribution >= 0.6 is 0 Å². The van der Waals surface area contributed by atoms with Gasteiger partial charge in [-0.05, 0) is 45.0 Å². The number of hydrogen-bond donors (Lipinski definition) is 1. The molecule has 3 atom stereocenters. The third-order valence-corrected chi connectivity index (χ3v) is 4.24. The highest BCUT2D eigenvalue weighted by atomic mass is 16.6. The number of nitrogens with one attached hydrogen (secondary N) is 1. The molecule has 3 rings (SSSR count). The van der Waals surface area contributed by atoms with Crippen LogP contribution in [0.25, 0.3) is 0 Å². The Morgan fingerprint density at radius 3 is 2.36 bits per heavy atom. The van der Waals surface area contributed by atoms with Gasteiger partial charge in [0.2, 0.25) is 0 Å². The maximum absolute atomic E-state index is 11.8. The quantitative estimate of drug-likeness (QED) is 0.911. The zero-order valence-corrected chi connectivity index (χ0v) is 13.2. The summed E-state index contributed by atoms with van der Waals surface area (Å²) in [6.07, 6.45) is -0.322. The number of ether oxygens (including phenoxy) is 1. The summed E-state index contributed by atoms with van der Waals surface area (Å²) < 4.78 is 5.30. The molecule has 1 heterocycles. The second kappa shape index (κ2) is 5.20. The second-order valence-corrected chi connectivity index (χ2v) is 7.06. The number of alkyl carbamates (subject to hydrolysis) is 1. The summed E-state index contributed by atoms with van der Waals surface area (Å²) >= 11 is 0. The van der Waals surface area contributed by atoms with E-state index in [-0.39, 0.29) is 12.1 Å². The molecular formula is C17H21N3O2. The molecule has 0 radical (unpaired) electrons. The molecule has 1 aromatic carbocycles. The average Bonchev–Trinajstić information content (AvgIpc) is 2.89. The number of carbonyl (C=O) groups excluding carboxylic acids is 1. The highest BCUT2D eigenvalue weighted by molar-refractivity contribution is 5.69. The van der Waals surface area contributed by atoms with E-state index in [4.69, 9.17) is 10.00 Å². The maximum atomic E-state index is 11.8. The first-order valence-corrected chi connectivity index (χ1v) is 7.62. The van der Waals surface area contributed by atoms with Crippen molar-refractivity contribution in [3.63, 3.8) is 0 Å². The summed E-state index contributed by atoms with van der Waals surface area (Å²) in [5.74, 6) is 1.01. The van der Waals surface area contributed by atoms with Crippen LogP contribution < -0.4 is 10.2 Å². The molecule has 5 heteroatoms. The first-order chi connectivity index (χ1) is 10.4. The van der Waals surface area contributed by atoms with Crippen molar-refractivity contribution >= 4 is 11.8 Å². The van der Waals surface area contributed by atoms with Crippen LogP contribution in [0.15, 0.2) is 24.3 Å². The highest BCUT2D eigenvalue weighted by Crippen LogP contribution is 2.46. The van der Waals surface area contributed by atoms with Crippen molar-refractivity contribution in [2.75, 3.05) is 18.0 Å². The zero-order valence-electron chi connectivity index (χ0n) is 13.2. The van der Waals surface area contributed by atoms with E-state index in [1.54, 1.807) is 0 Å². The predicted molar refractivity (Wildman–Crippen MR) is 83.5 cm³/mol. The fourth-order valence-electron chi connectivity index (χ4n) is 3.14. The Labute approximate surface area is 130 Å². The van der Waals surface area contributed by atoms with Crippen molar-refractivity contribution in [2.45, 2.75) is 32.4 Å². The molecule has 1 aliphatic heterocycles. The van der Waals surface area contributed by atoms with Gasteiger partial charge in [0.15, 0.2) is 0 Å². The van der Waals surface area contributed by atoms with Gasteiger partial charge in [0, 0.05) is 36.7 Å². The van der Waals surface area contributed by atoms with Crippen molar-refractivity contribution in [1.29, 1.82) is 5.26 Å². The summed E-state index contributed by atoms with van der Waals surface area (Å²) in [6, 6.07) is 10.0. The average molecular weight is 299 g/mol. The highest BCUT2D eigenvalue weighted by Gasteiger charge is 2.56. The monoisotopic (exact) mass is 299 g/mol. The predicted octanol–water partition coefficient (Wildman–Crippen LogP) is 2.52. The lowest BCUT2D eigenvalue weighted by molar-refractivity contribution is 0.0518. The SMILES string of the molecule is CC(C)(C)OC(=O)N[C@H]1[C@@H]2CN(c3ccc(C#N)cc3)C[C@@H]21. The summed E-state index contributed by atoms with van der Waals surface area (Å²) in [5, 5.41) is 11.8. The van der Waals surface area contributed by atoms with E-state index >= 15 is 0 Å². The normalized spacial score (nSPS) is 26.1. The van der Waals surface area contributed by atoms with Crippen LogP contribution in [0.3, 0.4) is 0 Å². The Bertz CT molecular complexity index is 600. The molecule has 2 fully saturated rings. The smallest absolute Gasteiger partial charge is 0.407 e. The van der Waals surface area contributed by atoms with Crippen molar-refractivity contribution < 1.29 is 9.53 Å². The third kappa shape index (κ3) is 3.01. The Morgan fingerprint density at radius 1 is 1.27 bits per heavy atom. The number of carbonyl (C=O) groups is 1. The van der Waals surface area contributed by atoms with Crippen LogP contribution in [0.1, 0.15) is 26.3 Å². The molecule has 1 aliphatic carbocycles. The van der Waals surface area contributed by atoms with Crippen LogP contribution in [-0.4, -0.2) is 30.8 Å². The molecule has 1 amide bonds. The van der Waals surface area contributed by atoms with E-state index in [1.807, 2.05) is 45.0 Å². The summed E-state index contributed by atoms with van der Waals surface area (Å²) in [6.45, 7) is 7.49. The fourth-order valence-corrected chi connectivity index (χ4v) is 3.14. The third-order valence-electron chi connectivity index (χ3n) is 4.24. The van der Waals surface area contributed by atoms with Crippen LogP contribution in [0, 0.1) is 23.2 Å². The Kier molecular flexibility index (Phi) is 3.48. The molecule has 1 saturated heterocycles. The molecule has 0 aromatic heterocycles. The molecule has 0 unspecified atom stereocenters. The van der Waals surface area contributed by atoms with Crippen LogP contribution in [-0.2, 0) is 4.74 Å². The molecule has 1 aromatic rings. The van der Waals surface area contributed by atoms with E-state index in [0.717, 1.165) is 18.8 Å². The van der Waals surface area contributed by atoms with Gasteiger partial charge in [0.25, 0.3) is 0 Å². The second-order valence-electron chi connectivity index (χ2n) is 7.06. The molecular weight excluding hydrogens is 278 g/mol. The van der Waals surface area contributed by atoms with Gasteiger partial charge in [-0.25, -0.2) is 4.79 Å². The number of anilines is 1. The van der Waals surface area contributed by atoms with Gasteiger partial charge in [-0.3, -0.25) is 0 Å². The van der Waals surface area contributed by atoms with Gasteiger partial charge >= 0.3 is 6.09 Å². The maximum Gasteiger partial charge on any atom is 0.407 e. The fraction of sp³-hybridized carbons (Fsp3) is 0.529. The van der Waals surface area contributed by atoms with Gasteiger partial charge < -0.3 is 15.0 Å². The molecule has 0 spiro atoms.